The van der Waals surface area contributed by atoms with E-state index >= 15 is 0 Å². The first kappa shape index (κ1) is 16.7. The molecule has 2 saturated heterocycles. The van der Waals surface area contributed by atoms with Crippen molar-refractivity contribution < 1.29 is 13.2 Å². The van der Waals surface area contributed by atoms with E-state index in [0.717, 1.165) is 18.4 Å². The number of halogens is 1. The number of amides is 1. The Hall–Kier alpha value is -1.11. The monoisotopic (exact) mass is 356 g/mol. The first-order chi connectivity index (χ1) is 10.8. The maximum atomic E-state index is 12.2. The first-order valence-electron chi connectivity index (χ1n) is 7.85. The van der Waals surface area contributed by atoms with Gasteiger partial charge in [-0.3, -0.25) is 4.79 Å². The van der Waals surface area contributed by atoms with Gasteiger partial charge in [0.15, 0.2) is 0 Å². The Bertz CT molecular complexity index is 676. The number of hydrogen-bond acceptors (Lipinski definition) is 3. The van der Waals surface area contributed by atoms with Gasteiger partial charge in [0.05, 0.1) is 12.7 Å². The molecule has 2 fully saturated rings. The molecule has 1 amide bonds. The summed E-state index contributed by atoms with van der Waals surface area (Å²) in [6.07, 6.45) is 4.78. The second-order valence-electron chi connectivity index (χ2n) is 6.52. The summed E-state index contributed by atoms with van der Waals surface area (Å²) >= 11 is 5.84. The van der Waals surface area contributed by atoms with Crippen molar-refractivity contribution in [2.24, 2.45) is 0 Å². The average Bonchev–Trinajstić information content (AvgIpc) is 2.74. The Morgan fingerprint density at radius 1 is 1.22 bits per heavy atom. The third-order valence-corrected chi connectivity index (χ3v) is 6.31. The lowest BCUT2D eigenvalue weighted by molar-refractivity contribution is -0.121. The highest BCUT2D eigenvalue weighted by Crippen LogP contribution is 2.37. The summed E-state index contributed by atoms with van der Waals surface area (Å²) in [7, 11) is -3.16. The third-order valence-electron chi connectivity index (χ3n) is 4.69. The van der Waals surface area contributed by atoms with Gasteiger partial charge in [-0.15, -0.1) is 0 Å². The van der Waals surface area contributed by atoms with E-state index in [-0.39, 0.29) is 24.0 Å². The molecule has 2 aliphatic heterocycles. The van der Waals surface area contributed by atoms with Gasteiger partial charge in [-0.1, -0.05) is 23.7 Å². The summed E-state index contributed by atoms with van der Waals surface area (Å²) in [6.45, 7) is 0. The fraction of sp³-hybridized carbons (Fsp3) is 0.562. The van der Waals surface area contributed by atoms with E-state index in [1.165, 1.54) is 6.26 Å². The van der Waals surface area contributed by atoms with Crippen molar-refractivity contribution in [3.05, 3.63) is 34.9 Å². The van der Waals surface area contributed by atoms with E-state index in [1.54, 1.807) is 16.4 Å². The largest absolute Gasteiger partial charge is 0.353 e. The van der Waals surface area contributed by atoms with E-state index < -0.39 is 10.0 Å². The maximum Gasteiger partial charge on any atom is 0.224 e. The van der Waals surface area contributed by atoms with E-state index in [0.29, 0.717) is 24.3 Å². The summed E-state index contributed by atoms with van der Waals surface area (Å²) < 4.78 is 25.4. The minimum atomic E-state index is -3.16. The van der Waals surface area contributed by atoms with Crippen molar-refractivity contribution in [3.63, 3.8) is 0 Å². The van der Waals surface area contributed by atoms with Crippen LogP contribution in [0, 0.1) is 0 Å². The van der Waals surface area contributed by atoms with Crippen LogP contribution < -0.4 is 5.32 Å². The highest BCUT2D eigenvalue weighted by molar-refractivity contribution is 7.88. The van der Waals surface area contributed by atoms with Crippen molar-refractivity contribution in [3.8, 4) is 0 Å². The number of hydrogen-bond donors (Lipinski definition) is 1. The third kappa shape index (κ3) is 3.87. The fourth-order valence-corrected chi connectivity index (χ4v) is 5.45. The molecule has 0 saturated carbocycles. The van der Waals surface area contributed by atoms with Crippen molar-refractivity contribution in [2.75, 3.05) is 6.26 Å². The van der Waals surface area contributed by atoms with E-state index in [9.17, 15) is 13.2 Å². The Balaban J connectivity index is 1.58. The number of fused-ring (bicyclic) bond motifs is 2. The first-order valence-corrected chi connectivity index (χ1v) is 10.1. The van der Waals surface area contributed by atoms with Crippen LogP contribution in [0.1, 0.15) is 31.2 Å². The van der Waals surface area contributed by atoms with Gasteiger partial charge in [0.1, 0.15) is 0 Å². The zero-order chi connectivity index (χ0) is 16.6. The highest BCUT2D eigenvalue weighted by atomic mass is 35.5. The number of carbonyl (C=O) groups excluding carboxylic acids is 1. The summed E-state index contributed by atoms with van der Waals surface area (Å²) in [5.41, 5.74) is 0.920. The molecule has 2 aliphatic rings. The van der Waals surface area contributed by atoms with Crippen LogP contribution in [-0.4, -0.2) is 43.0 Å². The standard InChI is InChI=1S/C16H21ClN2O3S/c1-23(21,22)19-14-6-7-15(19)10-13(9-14)18-16(20)8-11-2-4-12(17)5-3-11/h2-5,13-15H,6-10H2,1H3,(H,18,20). The Morgan fingerprint density at radius 2 is 1.78 bits per heavy atom. The SMILES string of the molecule is CS(=O)(=O)N1C2CCC1CC(NC(=O)Cc1ccc(Cl)cc1)C2. The van der Waals surface area contributed by atoms with Gasteiger partial charge in [0.25, 0.3) is 0 Å². The van der Waals surface area contributed by atoms with Crippen LogP contribution in [0.25, 0.3) is 0 Å². The zero-order valence-corrected chi connectivity index (χ0v) is 14.6. The molecule has 2 atom stereocenters. The predicted molar refractivity (Wildman–Crippen MR) is 89.8 cm³/mol. The van der Waals surface area contributed by atoms with Gasteiger partial charge in [-0.2, -0.15) is 4.31 Å². The lowest BCUT2D eigenvalue weighted by atomic mass is 9.99. The van der Waals surface area contributed by atoms with Crippen LogP contribution in [0.3, 0.4) is 0 Å². The Morgan fingerprint density at radius 3 is 2.30 bits per heavy atom. The molecule has 2 bridgehead atoms. The van der Waals surface area contributed by atoms with Gasteiger partial charge in [-0.25, -0.2) is 8.42 Å². The molecule has 7 heteroatoms. The predicted octanol–water partition coefficient (Wildman–Crippen LogP) is 1.95. The molecule has 0 aliphatic carbocycles. The molecule has 0 spiro atoms. The maximum absolute atomic E-state index is 12.2. The molecule has 0 radical (unpaired) electrons. The number of nitrogens with one attached hydrogen (secondary N) is 1. The molecule has 1 aromatic carbocycles. The number of nitrogens with zero attached hydrogens (tertiary/aromatic N) is 1. The number of carbonyl (C=O) groups is 1. The van der Waals surface area contributed by atoms with Crippen LogP contribution in [-0.2, 0) is 21.2 Å². The van der Waals surface area contributed by atoms with E-state index in [4.69, 9.17) is 11.6 Å². The van der Waals surface area contributed by atoms with Gasteiger partial charge < -0.3 is 5.32 Å². The molecule has 5 nitrogen and oxygen atoms in total. The summed E-state index contributed by atoms with van der Waals surface area (Å²) in [6, 6.07) is 7.36. The quantitative estimate of drug-likeness (QED) is 0.896. The van der Waals surface area contributed by atoms with Crippen LogP contribution in [0.15, 0.2) is 24.3 Å². The zero-order valence-electron chi connectivity index (χ0n) is 13.0. The van der Waals surface area contributed by atoms with E-state index in [2.05, 4.69) is 5.32 Å². The molecule has 126 valence electrons. The smallest absolute Gasteiger partial charge is 0.224 e. The summed E-state index contributed by atoms with van der Waals surface area (Å²) in [5.74, 6) is -0.0236. The van der Waals surface area contributed by atoms with Crippen LogP contribution in [0.4, 0.5) is 0 Å². The molecule has 2 unspecified atom stereocenters. The van der Waals surface area contributed by atoms with Gasteiger partial charge in [0, 0.05) is 23.1 Å². The molecular weight excluding hydrogens is 336 g/mol. The van der Waals surface area contributed by atoms with Crippen LogP contribution in [0.5, 0.6) is 0 Å². The van der Waals surface area contributed by atoms with E-state index in [1.807, 2.05) is 12.1 Å². The minimum Gasteiger partial charge on any atom is -0.353 e. The van der Waals surface area contributed by atoms with Gasteiger partial charge in [-0.05, 0) is 43.4 Å². The fourth-order valence-electron chi connectivity index (χ4n) is 3.86. The van der Waals surface area contributed by atoms with Gasteiger partial charge in [0.2, 0.25) is 15.9 Å². The number of piperidine rings is 1. The molecule has 23 heavy (non-hydrogen) atoms. The normalized spacial score (nSPS) is 27.8. The Kier molecular flexibility index (Phi) is 4.67. The second kappa shape index (κ2) is 6.42. The molecule has 1 aromatic rings. The molecular formula is C16H21ClN2O3S. The van der Waals surface area contributed by atoms with Crippen LogP contribution >= 0.6 is 11.6 Å². The van der Waals surface area contributed by atoms with Crippen molar-refractivity contribution >= 4 is 27.5 Å². The lowest BCUT2D eigenvalue weighted by Gasteiger charge is -2.37. The summed E-state index contributed by atoms with van der Waals surface area (Å²) in [4.78, 5) is 12.2. The minimum absolute atomic E-state index is 0.0236. The highest BCUT2D eigenvalue weighted by Gasteiger charge is 2.45. The molecule has 2 heterocycles. The molecule has 3 rings (SSSR count). The number of benzene rings is 1. The summed E-state index contributed by atoms with van der Waals surface area (Å²) in [5, 5.41) is 3.71. The number of rotatable bonds is 4. The molecule has 1 N–H and O–H groups in total. The van der Waals surface area contributed by atoms with Crippen molar-refractivity contribution in [1.82, 2.24) is 9.62 Å². The van der Waals surface area contributed by atoms with Crippen molar-refractivity contribution in [2.45, 2.75) is 50.2 Å². The lowest BCUT2D eigenvalue weighted by Crippen LogP contribution is -2.52. The average molecular weight is 357 g/mol. The second-order valence-corrected chi connectivity index (χ2v) is 8.84. The number of sulfonamides is 1. The van der Waals surface area contributed by atoms with Crippen LogP contribution in [0.2, 0.25) is 5.02 Å². The molecule has 0 aromatic heterocycles. The van der Waals surface area contributed by atoms with Crippen molar-refractivity contribution in [1.29, 1.82) is 0 Å². The topological polar surface area (TPSA) is 66.5 Å². The van der Waals surface area contributed by atoms with Gasteiger partial charge >= 0.3 is 0 Å². The Labute approximate surface area is 142 Å².